The number of ketones is 1. The Kier molecular flexibility index (Phi) is 7.32. The quantitative estimate of drug-likeness (QED) is 0.627. The first-order valence-electron chi connectivity index (χ1n) is 9.27. The van der Waals surface area contributed by atoms with Gasteiger partial charge in [0.05, 0.1) is 6.04 Å². The summed E-state index contributed by atoms with van der Waals surface area (Å²) in [5.74, 6) is 0.864. The third-order valence-corrected chi connectivity index (χ3v) is 5.28. The maximum Gasteiger partial charge on any atom is 0.152 e. The van der Waals surface area contributed by atoms with Crippen LogP contribution in [-0.2, 0) is 4.79 Å². The van der Waals surface area contributed by atoms with E-state index in [1.54, 1.807) is 0 Å². The molecule has 1 aliphatic carbocycles. The van der Waals surface area contributed by atoms with Gasteiger partial charge in [0.2, 0.25) is 0 Å². The van der Waals surface area contributed by atoms with E-state index in [2.05, 4.69) is 36.1 Å². The predicted octanol–water partition coefficient (Wildman–Crippen LogP) is 2.14. The lowest BCUT2D eigenvalue weighted by atomic mass is 10.0. The zero-order chi connectivity index (χ0) is 15.9. The first-order valence-corrected chi connectivity index (χ1v) is 9.27. The molecule has 0 aromatic rings. The summed E-state index contributed by atoms with van der Waals surface area (Å²) in [4.78, 5) is 17.2. The SMILES string of the molecule is CCN[C@@H](CCCCN1CCC(N(C)C)CC1)C(=O)C1CC1. The summed E-state index contributed by atoms with van der Waals surface area (Å²) in [6, 6.07) is 0.891. The van der Waals surface area contributed by atoms with Crippen molar-refractivity contribution in [1.82, 2.24) is 15.1 Å². The zero-order valence-corrected chi connectivity index (χ0v) is 14.8. The Balaban J connectivity index is 1.58. The highest BCUT2D eigenvalue weighted by Gasteiger charge is 2.34. The smallest absolute Gasteiger partial charge is 0.152 e. The van der Waals surface area contributed by atoms with Crippen molar-refractivity contribution >= 4 is 5.78 Å². The molecule has 2 rings (SSSR count). The van der Waals surface area contributed by atoms with Crippen LogP contribution in [0.3, 0.4) is 0 Å². The summed E-state index contributed by atoms with van der Waals surface area (Å²) in [6.07, 6.45) is 8.27. The van der Waals surface area contributed by atoms with Gasteiger partial charge in [-0.2, -0.15) is 0 Å². The van der Waals surface area contributed by atoms with Crippen molar-refractivity contribution in [3.8, 4) is 0 Å². The molecule has 2 fully saturated rings. The van der Waals surface area contributed by atoms with E-state index in [0.717, 1.165) is 31.8 Å². The van der Waals surface area contributed by atoms with Crippen molar-refractivity contribution in [1.29, 1.82) is 0 Å². The van der Waals surface area contributed by atoms with Crippen LogP contribution in [0, 0.1) is 5.92 Å². The number of carbonyl (C=O) groups excluding carboxylic acids is 1. The second-order valence-corrected chi connectivity index (χ2v) is 7.32. The Hall–Kier alpha value is -0.450. The standard InChI is InChI=1S/C18H35N3O/c1-4-19-17(18(22)15-8-9-15)7-5-6-12-21-13-10-16(11-14-21)20(2)3/h15-17,19H,4-14H2,1-3H3/t17-/m0/s1. The van der Waals surface area contributed by atoms with Gasteiger partial charge in [0.15, 0.2) is 5.78 Å². The van der Waals surface area contributed by atoms with Gasteiger partial charge in [0.1, 0.15) is 0 Å². The fraction of sp³-hybridized carbons (Fsp3) is 0.944. The van der Waals surface area contributed by atoms with Crippen molar-refractivity contribution in [2.75, 3.05) is 40.3 Å². The van der Waals surface area contributed by atoms with Gasteiger partial charge in [0.25, 0.3) is 0 Å². The van der Waals surface area contributed by atoms with Crippen molar-refractivity contribution < 1.29 is 4.79 Å². The number of rotatable bonds is 10. The third kappa shape index (κ3) is 5.64. The van der Waals surface area contributed by atoms with E-state index in [9.17, 15) is 4.79 Å². The van der Waals surface area contributed by atoms with Crippen molar-refractivity contribution in [3.63, 3.8) is 0 Å². The summed E-state index contributed by atoms with van der Waals surface area (Å²) in [6.45, 7) is 6.68. The zero-order valence-electron chi connectivity index (χ0n) is 14.8. The van der Waals surface area contributed by atoms with E-state index >= 15 is 0 Å². The lowest BCUT2D eigenvalue weighted by molar-refractivity contribution is -0.122. The molecular formula is C18H35N3O. The number of unbranched alkanes of at least 4 members (excludes halogenated alkanes) is 1. The van der Waals surface area contributed by atoms with Gasteiger partial charge >= 0.3 is 0 Å². The van der Waals surface area contributed by atoms with Crippen LogP contribution in [-0.4, -0.2) is 67.9 Å². The Bertz CT molecular complexity index is 333. The monoisotopic (exact) mass is 309 g/mol. The van der Waals surface area contributed by atoms with Crippen LogP contribution in [0.4, 0.5) is 0 Å². The highest BCUT2D eigenvalue weighted by Crippen LogP contribution is 2.31. The van der Waals surface area contributed by atoms with Crippen LogP contribution >= 0.6 is 0 Å². The number of likely N-dealkylation sites (N-methyl/N-ethyl adjacent to an activating group) is 1. The molecule has 1 N–H and O–H groups in total. The Morgan fingerprint density at radius 2 is 1.86 bits per heavy atom. The Morgan fingerprint density at radius 3 is 2.41 bits per heavy atom. The average molecular weight is 309 g/mol. The number of nitrogens with zero attached hydrogens (tertiary/aromatic N) is 2. The molecule has 2 aliphatic rings. The minimum Gasteiger partial charge on any atom is -0.308 e. The fourth-order valence-electron chi connectivity index (χ4n) is 3.59. The van der Waals surface area contributed by atoms with E-state index in [-0.39, 0.29) is 6.04 Å². The molecular weight excluding hydrogens is 274 g/mol. The molecule has 22 heavy (non-hydrogen) atoms. The molecule has 1 heterocycles. The summed E-state index contributed by atoms with van der Waals surface area (Å²) in [7, 11) is 4.39. The van der Waals surface area contributed by atoms with Gasteiger partial charge in [-0.3, -0.25) is 4.79 Å². The molecule has 128 valence electrons. The van der Waals surface area contributed by atoms with Crippen LogP contribution in [0.1, 0.15) is 51.9 Å². The van der Waals surface area contributed by atoms with Crippen molar-refractivity contribution in [2.45, 2.75) is 64.0 Å². The van der Waals surface area contributed by atoms with Gasteiger partial charge in [-0.05, 0) is 78.8 Å². The largest absolute Gasteiger partial charge is 0.308 e. The topological polar surface area (TPSA) is 35.6 Å². The molecule has 0 aromatic carbocycles. The number of nitrogens with one attached hydrogen (secondary N) is 1. The molecule has 0 unspecified atom stereocenters. The van der Waals surface area contributed by atoms with Gasteiger partial charge in [-0.25, -0.2) is 0 Å². The van der Waals surface area contributed by atoms with E-state index in [1.165, 1.54) is 45.3 Å². The van der Waals surface area contributed by atoms with E-state index in [4.69, 9.17) is 0 Å². The summed E-state index contributed by atoms with van der Waals surface area (Å²) < 4.78 is 0. The van der Waals surface area contributed by atoms with Crippen LogP contribution < -0.4 is 5.32 Å². The molecule has 0 amide bonds. The molecule has 0 aromatic heterocycles. The van der Waals surface area contributed by atoms with Crippen molar-refractivity contribution in [2.24, 2.45) is 5.92 Å². The van der Waals surface area contributed by atoms with Crippen LogP contribution in [0.2, 0.25) is 0 Å². The maximum absolute atomic E-state index is 12.2. The highest BCUT2D eigenvalue weighted by molar-refractivity contribution is 5.88. The van der Waals surface area contributed by atoms with Crippen LogP contribution in [0.25, 0.3) is 0 Å². The van der Waals surface area contributed by atoms with Gasteiger partial charge < -0.3 is 15.1 Å². The Morgan fingerprint density at radius 1 is 1.18 bits per heavy atom. The summed E-state index contributed by atoms with van der Waals surface area (Å²) in [5, 5.41) is 3.39. The highest BCUT2D eigenvalue weighted by atomic mass is 16.1. The number of likely N-dealkylation sites (tertiary alicyclic amines) is 1. The fourth-order valence-corrected chi connectivity index (χ4v) is 3.59. The molecule has 1 saturated carbocycles. The molecule has 1 atom stereocenters. The number of hydrogen-bond donors (Lipinski definition) is 1. The molecule has 4 nitrogen and oxygen atoms in total. The molecule has 0 spiro atoms. The molecule has 1 saturated heterocycles. The van der Waals surface area contributed by atoms with Crippen molar-refractivity contribution in [3.05, 3.63) is 0 Å². The number of Topliss-reactive ketones (excluding diaryl/α,β-unsaturated/α-hetero) is 1. The summed E-state index contributed by atoms with van der Waals surface area (Å²) >= 11 is 0. The molecule has 1 aliphatic heterocycles. The number of piperidine rings is 1. The minimum atomic E-state index is 0.122. The Labute approximate surface area is 136 Å². The normalized spacial score (nSPS) is 22.2. The maximum atomic E-state index is 12.2. The summed E-state index contributed by atoms with van der Waals surface area (Å²) in [5.41, 5.74) is 0. The lowest BCUT2D eigenvalue weighted by Crippen LogP contribution is -2.42. The van der Waals surface area contributed by atoms with E-state index in [1.807, 2.05) is 0 Å². The first kappa shape index (κ1) is 17.9. The minimum absolute atomic E-state index is 0.122. The predicted molar refractivity (Wildman–Crippen MR) is 92.2 cm³/mol. The number of carbonyl (C=O) groups is 1. The van der Waals surface area contributed by atoms with Gasteiger partial charge in [0, 0.05) is 12.0 Å². The number of hydrogen-bond acceptors (Lipinski definition) is 4. The molecule has 0 radical (unpaired) electrons. The first-order chi connectivity index (χ1) is 10.6. The van der Waals surface area contributed by atoms with Crippen LogP contribution in [0.15, 0.2) is 0 Å². The third-order valence-electron chi connectivity index (χ3n) is 5.28. The van der Waals surface area contributed by atoms with E-state index in [0.29, 0.717) is 11.7 Å². The van der Waals surface area contributed by atoms with Gasteiger partial charge in [-0.15, -0.1) is 0 Å². The lowest BCUT2D eigenvalue weighted by Gasteiger charge is -2.35. The second kappa shape index (κ2) is 8.99. The molecule has 0 bridgehead atoms. The average Bonchev–Trinajstić information content (AvgIpc) is 3.35. The van der Waals surface area contributed by atoms with E-state index < -0.39 is 0 Å². The van der Waals surface area contributed by atoms with Crippen LogP contribution in [0.5, 0.6) is 0 Å². The molecule has 4 heteroatoms. The van der Waals surface area contributed by atoms with Gasteiger partial charge in [-0.1, -0.05) is 13.3 Å². The second-order valence-electron chi connectivity index (χ2n) is 7.32.